The van der Waals surface area contributed by atoms with E-state index in [1.54, 1.807) is 49.9 Å². The number of fused-ring (bicyclic) bond motifs is 1. The van der Waals surface area contributed by atoms with Gasteiger partial charge in [-0.25, -0.2) is 22.7 Å². The van der Waals surface area contributed by atoms with Gasteiger partial charge >= 0.3 is 12.2 Å². The van der Waals surface area contributed by atoms with Crippen LogP contribution < -0.4 is 15.4 Å². The second-order valence-electron chi connectivity index (χ2n) is 11.8. The molecule has 0 bridgehead atoms. The first-order valence-corrected chi connectivity index (χ1v) is 16.1. The summed E-state index contributed by atoms with van der Waals surface area (Å²) < 4.78 is 39.6. The molecule has 44 heavy (non-hydrogen) atoms. The third kappa shape index (κ3) is 9.68. The first-order valence-electron chi connectivity index (χ1n) is 14.6. The third-order valence-corrected chi connectivity index (χ3v) is 8.49. The highest BCUT2D eigenvalue weighted by molar-refractivity contribution is 7.89. The number of rotatable bonds is 10. The number of piperidine rings is 1. The third-order valence-electron chi connectivity index (χ3n) is 7.07. The highest BCUT2D eigenvalue weighted by atomic mass is 32.2. The van der Waals surface area contributed by atoms with Crippen molar-refractivity contribution in [1.82, 2.24) is 20.3 Å². The van der Waals surface area contributed by atoms with Gasteiger partial charge in [0.05, 0.1) is 4.90 Å². The Labute approximate surface area is 258 Å². The molecule has 0 unspecified atom stereocenters. The van der Waals surface area contributed by atoms with Crippen LogP contribution in [0.15, 0.2) is 77.7 Å². The van der Waals surface area contributed by atoms with Crippen LogP contribution in [0.4, 0.5) is 9.59 Å². The summed E-state index contributed by atoms with van der Waals surface area (Å²) in [6.45, 7) is 6.18. The van der Waals surface area contributed by atoms with E-state index in [1.165, 1.54) is 6.07 Å². The summed E-state index contributed by atoms with van der Waals surface area (Å²) in [5.41, 5.74) is 0.138. The van der Waals surface area contributed by atoms with Gasteiger partial charge in [-0.3, -0.25) is 4.79 Å². The molecule has 2 atom stereocenters. The molecule has 3 amide bonds. The molecule has 3 aromatic carbocycles. The van der Waals surface area contributed by atoms with E-state index in [-0.39, 0.29) is 24.0 Å². The maximum Gasteiger partial charge on any atom is 0.410 e. The summed E-state index contributed by atoms with van der Waals surface area (Å²) in [4.78, 5) is 40.2. The second-order valence-corrected chi connectivity index (χ2v) is 13.6. The van der Waals surface area contributed by atoms with E-state index in [0.29, 0.717) is 13.1 Å². The van der Waals surface area contributed by atoms with Crippen molar-refractivity contribution in [2.75, 3.05) is 26.2 Å². The van der Waals surface area contributed by atoms with Gasteiger partial charge in [-0.2, -0.15) is 0 Å². The summed E-state index contributed by atoms with van der Waals surface area (Å²) in [7, 11) is -4.02. The average Bonchev–Trinajstić information content (AvgIpc) is 3.00. The molecule has 3 N–H and O–H groups in total. The van der Waals surface area contributed by atoms with Crippen LogP contribution in [0.25, 0.3) is 10.8 Å². The zero-order valence-electron chi connectivity index (χ0n) is 25.2. The number of carbonyl (C=O) groups excluding carboxylic acids is 3. The van der Waals surface area contributed by atoms with Gasteiger partial charge in [0.25, 0.3) is 0 Å². The van der Waals surface area contributed by atoms with E-state index in [1.807, 2.05) is 42.5 Å². The number of hydrogen-bond acceptors (Lipinski definition) is 7. The molecule has 236 valence electrons. The Morgan fingerprint density at radius 2 is 1.68 bits per heavy atom. The molecule has 1 fully saturated rings. The van der Waals surface area contributed by atoms with Gasteiger partial charge in [0.15, 0.2) is 0 Å². The molecule has 1 saturated heterocycles. The molecule has 0 radical (unpaired) electrons. The predicted octanol–water partition coefficient (Wildman–Crippen LogP) is 4.18. The molecule has 1 aliphatic heterocycles. The van der Waals surface area contributed by atoms with Crippen molar-refractivity contribution in [2.24, 2.45) is 5.92 Å². The van der Waals surface area contributed by atoms with Crippen molar-refractivity contribution < 1.29 is 32.3 Å². The van der Waals surface area contributed by atoms with E-state index >= 15 is 0 Å². The molecular weight excluding hydrogens is 584 g/mol. The first kappa shape index (κ1) is 32.7. The van der Waals surface area contributed by atoms with Crippen molar-refractivity contribution in [3.05, 3.63) is 78.4 Å². The normalized spacial score (nSPS) is 16.2. The van der Waals surface area contributed by atoms with E-state index in [4.69, 9.17) is 9.47 Å². The fourth-order valence-corrected chi connectivity index (χ4v) is 5.90. The molecule has 3 aromatic rings. The van der Waals surface area contributed by atoms with Crippen LogP contribution >= 0.6 is 0 Å². The minimum absolute atomic E-state index is 0.0214. The summed E-state index contributed by atoms with van der Waals surface area (Å²) in [6.07, 6.45) is 0.259. The maximum absolute atomic E-state index is 13.3. The summed E-state index contributed by atoms with van der Waals surface area (Å²) >= 11 is 0. The summed E-state index contributed by atoms with van der Waals surface area (Å²) in [6, 6.07) is 19.9. The number of amides is 3. The van der Waals surface area contributed by atoms with E-state index in [9.17, 15) is 22.8 Å². The van der Waals surface area contributed by atoms with Crippen LogP contribution in [-0.2, 0) is 30.9 Å². The maximum atomic E-state index is 13.3. The topological polar surface area (TPSA) is 143 Å². The predicted molar refractivity (Wildman–Crippen MR) is 166 cm³/mol. The van der Waals surface area contributed by atoms with E-state index in [2.05, 4.69) is 15.4 Å². The van der Waals surface area contributed by atoms with Gasteiger partial charge in [-0.05, 0) is 68.0 Å². The van der Waals surface area contributed by atoms with Crippen LogP contribution in [0.3, 0.4) is 0 Å². The van der Waals surface area contributed by atoms with Crippen LogP contribution in [0.5, 0.6) is 0 Å². The van der Waals surface area contributed by atoms with Crippen molar-refractivity contribution >= 4 is 38.9 Å². The lowest BCUT2D eigenvalue weighted by molar-refractivity contribution is -0.123. The lowest BCUT2D eigenvalue weighted by Crippen LogP contribution is -2.54. The Morgan fingerprint density at radius 3 is 2.41 bits per heavy atom. The molecule has 0 aliphatic carbocycles. The number of sulfonamides is 1. The minimum atomic E-state index is -4.02. The Bertz CT molecular complexity index is 1560. The lowest BCUT2D eigenvalue weighted by atomic mass is 9.98. The lowest BCUT2D eigenvalue weighted by Gasteiger charge is -2.34. The number of likely N-dealkylation sites (tertiary alicyclic amines) is 1. The number of nitrogens with one attached hydrogen (secondary N) is 3. The molecule has 0 aromatic heterocycles. The minimum Gasteiger partial charge on any atom is -0.445 e. The number of carbonyl (C=O) groups is 3. The fourth-order valence-electron chi connectivity index (χ4n) is 4.82. The molecule has 0 spiro atoms. The molecule has 1 heterocycles. The van der Waals surface area contributed by atoms with Gasteiger partial charge in [0.2, 0.25) is 15.9 Å². The highest BCUT2D eigenvalue weighted by Crippen LogP contribution is 2.20. The van der Waals surface area contributed by atoms with Gasteiger partial charge in [0, 0.05) is 26.2 Å². The van der Waals surface area contributed by atoms with Gasteiger partial charge < -0.3 is 25.0 Å². The number of hydrogen-bond donors (Lipinski definition) is 3. The summed E-state index contributed by atoms with van der Waals surface area (Å²) in [5.74, 6) is -0.627. The zero-order valence-corrected chi connectivity index (χ0v) is 26.1. The van der Waals surface area contributed by atoms with Gasteiger partial charge in [0.1, 0.15) is 18.2 Å². The van der Waals surface area contributed by atoms with Crippen LogP contribution in [0.1, 0.15) is 39.2 Å². The molecule has 0 saturated carbocycles. The average molecular weight is 625 g/mol. The molecule has 1 aliphatic rings. The molecule has 11 nitrogen and oxygen atoms in total. The second kappa shape index (κ2) is 14.5. The molecule has 4 rings (SSSR count). The molecular formula is C32H40N4O7S. The van der Waals surface area contributed by atoms with Gasteiger partial charge in [-0.1, -0.05) is 60.7 Å². The van der Waals surface area contributed by atoms with Crippen molar-refractivity contribution in [2.45, 2.75) is 56.8 Å². The van der Waals surface area contributed by atoms with Crippen molar-refractivity contribution in [3.63, 3.8) is 0 Å². The van der Waals surface area contributed by atoms with Crippen LogP contribution in [-0.4, -0.2) is 69.2 Å². The zero-order chi connectivity index (χ0) is 31.7. The Morgan fingerprint density at radius 1 is 0.977 bits per heavy atom. The number of alkyl carbamates (subject to hydrolysis) is 1. The Hall–Kier alpha value is -4.16. The van der Waals surface area contributed by atoms with Crippen molar-refractivity contribution in [3.8, 4) is 0 Å². The highest BCUT2D eigenvalue weighted by Gasteiger charge is 2.29. The smallest absolute Gasteiger partial charge is 0.410 e. The standard InChI is InChI=1S/C32H40N4O7S/c1-32(2,3)43-31(39)36-17-9-12-24(21-36)19-33-29(37)28(35-30(38)42-22-23-10-5-4-6-11-23)20-34-44(40,41)27-16-15-25-13-7-8-14-26(25)18-27/h4-8,10-11,13-16,18,24,28,34H,9,12,17,19-22H2,1-3H3,(H,33,37)(H,35,38)/t24-,28-/m0/s1. The fraction of sp³-hybridized carbons (Fsp3) is 0.406. The van der Waals surface area contributed by atoms with Crippen LogP contribution in [0.2, 0.25) is 0 Å². The monoisotopic (exact) mass is 624 g/mol. The van der Waals surface area contributed by atoms with Gasteiger partial charge in [-0.15, -0.1) is 0 Å². The summed E-state index contributed by atoms with van der Waals surface area (Å²) in [5, 5.41) is 6.95. The van der Waals surface area contributed by atoms with E-state index in [0.717, 1.165) is 29.2 Å². The Balaban J connectivity index is 1.40. The largest absolute Gasteiger partial charge is 0.445 e. The first-order chi connectivity index (χ1) is 20.9. The van der Waals surface area contributed by atoms with Crippen LogP contribution in [0, 0.1) is 5.92 Å². The SMILES string of the molecule is CC(C)(C)OC(=O)N1CCC[C@@H](CNC(=O)[C@H](CNS(=O)(=O)c2ccc3ccccc3c2)NC(=O)OCc2ccccc2)C1. The van der Waals surface area contributed by atoms with Crippen molar-refractivity contribution in [1.29, 1.82) is 0 Å². The van der Waals surface area contributed by atoms with E-state index < -0.39 is 46.3 Å². The quantitative estimate of drug-likeness (QED) is 0.307. The number of nitrogens with zero attached hydrogens (tertiary/aromatic N) is 1. The Kier molecular flexibility index (Phi) is 10.8. The number of ether oxygens (including phenoxy) is 2. The number of benzene rings is 3. The molecule has 12 heteroatoms.